The Kier molecular flexibility index (Phi) is 4.89. The number of hydrogen-bond acceptors (Lipinski definition) is 1. The molecule has 0 unspecified atom stereocenters. The van der Waals surface area contributed by atoms with Gasteiger partial charge in [-0.15, -0.1) is 12.4 Å². The van der Waals surface area contributed by atoms with Crippen molar-refractivity contribution in [3.05, 3.63) is 77.3 Å². The van der Waals surface area contributed by atoms with Crippen LogP contribution in [0, 0.1) is 6.42 Å². The molecular weight excluding hydrogens is 343 g/mol. The molecule has 0 amide bonds. The number of nitrogens with one attached hydrogen (secondary N) is 1. The summed E-state index contributed by atoms with van der Waals surface area (Å²) in [5.41, 5.74) is 1.53. The highest BCUT2D eigenvalue weighted by atomic mass is 35.5. The van der Waals surface area contributed by atoms with Crippen LogP contribution in [0.5, 0.6) is 0 Å². The average Bonchev–Trinajstić information content (AvgIpc) is 2.89. The first kappa shape index (κ1) is 17.9. The number of fused-ring (bicyclic) bond motifs is 1. The van der Waals surface area contributed by atoms with E-state index in [1.807, 2.05) is 0 Å². The van der Waals surface area contributed by atoms with Gasteiger partial charge in [0, 0.05) is 23.5 Å². The van der Waals surface area contributed by atoms with E-state index >= 15 is 0 Å². The third-order valence-corrected chi connectivity index (χ3v) is 3.52. The number of benzene rings is 2. The lowest BCUT2D eigenvalue weighted by molar-refractivity contribution is -0.137. The van der Waals surface area contributed by atoms with Crippen molar-refractivity contribution in [2.75, 3.05) is 0 Å². The van der Waals surface area contributed by atoms with Crippen LogP contribution >= 0.6 is 12.4 Å². The summed E-state index contributed by atoms with van der Waals surface area (Å²) in [6.07, 6.45) is -0.931. The van der Waals surface area contributed by atoms with Crippen molar-refractivity contribution in [2.45, 2.75) is 6.18 Å². The van der Waals surface area contributed by atoms with E-state index in [9.17, 15) is 18.0 Å². The van der Waals surface area contributed by atoms with Gasteiger partial charge in [0.25, 0.3) is 0 Å². The van der Waals surface area contributed by atoms with Gasteiger partial charge in [0.05, 0.1) is 11.1 Å². The molecule has 0 bridgehead atoms. The van der Waals surface area contributed by atoms with Crippen molar-refractivity contribution in [3.8, 4) is 0 Å². The average molecular weight is 355 g/mol. The number of aromatic nitrogens is 1. The molecule has 3 nitrogen and oxygen atoms in total. The fourth-order valence-corrected chi connectivity index (χ4v) is 2.35. The van der Waals surface area contributed by atoms with E-state index in [1.165, 1.54) is 24.3 Å². The van der Waals surface area contributed by atoms with Gasteiger partial charge in [0.2, 0.25) is 0 Å². The standard InChI is InChI=1S/C17H11F3NO2.ClH/c18-17(19,20)13-4-1-10(2-5-13)7-12-9-21-15-8-11(16(22)23)3-6-14(12)15;/h1-9,21H,(H,22,23);1H. The van der Waals surface area contributed by atoms with E-state index in [4.69, 9.17) is 5.11 Å². The molecule has 0 aliphatic carbocycles. The Morgan fingerprint density at radius 3 is 2.33 bits per heavy atom. The Balaban J connectivity index is 0.00000208. The Hall–Kier alpha value is -2.47. The second kappa shape index (κ2) is 6.57. The Morgan fingerprint density at radius 2 is 1.75 bits per heavy atom. The molecule has 0 aliphatic rings. The summed E-state index contributed by atoms with van der Waals surface area (Å²) in [5.74, 6) is -1.02. The Bertz CT molecular complexity index is 870. The second-order valence-corrected chi connectivity index (χ2v) is 5.07. The van der Waals surface area contributed by atoms with E-state index < -0.39 is 17.7 Å². The molecule has 7 heteroatoms. The highest BCUT2D eigenvalue weighted by Crippen LogP contribution is 2.30. The van der Waals surface area contributed by atoms with E-state index in [0.29, 0.717) is 11.1 Å². The molecule has 0 spiro atoms. The number of hydrogen-bond donors (Lipinski definition) is 2. The zero-order valence-electron chi connectivity index (χ0n) is 12.1. The first-order valence-corrected chi connectivity index (χ1v) is 6.71. The van der Waals surface area contributed by atoms with Crippen LogP contribution < -0.4 is 0 Å². The molecule has 1 aromatic heterocycles. The summed E-state index contributed by atoms with van der Waals surface area (Å²) in [6, 6.07) is 9.53. The van der Waals surface area contributed by atoms with Gasteiger partial charge in [-0.2, -0.15) is 13.2 Å². The molecule has 125 valence electrons. The predicted octanol–water partition coefficient (Wildman–Crippen LogP) is 4.91. The van der Waals surface area contributed by atoms with Crippen molar-refractivity contribution in [1.82, 2.24) is 4.98 Å². The molecule has 0 atom stereocenters. The summed E-state index contributed by atoms with van der Waals surface area (Å²) in [5, 5.41) is 9.77. The summed E-state index contributed by atoms with van der Waals surface area (Å²) in [7, 11) is 0. The first-order valence-electron chi connectivity index (χ1n) is 6.71. The van der Waals surface area contributed by atoms with Gasteiger partial charge in [-0.1, -0.05) is 18.2 Å². The normalized spacial score (nSPS) is 11.3. The van der Waals surface area contributed by atoms with Gasteiger partial charge < -0.3 is 10.1 Å². The van der Waals surface area contributed by atoms with Crippen LogP contribution in [-0.2, 0) is 6.18 Å². The molecule has 3 aromatic rings. The minimum absolute atomic E-state index is 0. The zero-order valence-corrected chi connectivity index (χ0v) is 12.9. The van der Waals surface area contributed by atoms with Gasteiger partial charge in [0.15, 0.2) is 0 Å². The number of carbonyl (C=O) groups is 1. The van der Waals surface area contributed by atoms with Crippen molar-refractivity contribution < 1.29 is 23.1 Å². The summed E-state index contributed by atoms with van der Waals surface area (Å²) >= 11 is 0. The molecular formula is C17H12ClF3NO2. The maximum Gasteiger partial charge on any atom is 0.416 e. The lowest BCUT2D eigenvalue weighted by Gasteiger charge is -2.07. The van der Waals surface area contributed by atoms with Gasteiger partial charge in [-0.25, -0.2) is 4.79 Å². The monoisotopic (exact) mass is 354 g/mol. The highest BCUT2D eigenvalue weighted by molar-refractivity contribution is 5.94. The van der Waals surface area contributed by atoms with Gasteiger partial charge in [0.1, 0.15) is 0 Å². The summed E-state index contributed by atoms with van der Waals surface area (Å²) < 4.78 is 37.6. The molecule has 0 aliphatic heterocycles. The zero-order chi connectivity index (χ0) is 16.6. The maximum absolute atomic E-state index is 12.5. The second-order valence-electron chi connectivity index (χ2n) is 5.07. The largest absolute Gasteiger partial charge is 0.478 e. The third-order valence-electron chi connectivity index (χ3n) is 3.52. The number of carboxylic acids is 1. The Labute approximate surface area is 141 Å². The van der Waals surface area contributed by atoms with Crippen molar-refractivity contribution in [3.63, 3.8) is 0 Å². The SMILES string of the molecule is Cl.O=C(O)c1ccc2c([CH]c3ccc(C(F)(F)F)cc3)c[nH]c2c1. The minimum atomic E-state index is -4.35. The van der Waals surface area contributed by atoms with Crippen LogP contribution in [0.2, 0.25) is 0 Å². The number of aromatic carboxylic acids is 1. The summed E-state index contributed by atoms with van der Waals surface area (Å²) in [6.45, 7) is 0. The van der Waals surface area contributed by atoms with Crippen molar-refractivity contribution >= 4 is 29.3 Å². The third kappa shape index (κ3) is 3.54. The van der Waals surface area contributed by atoms with Crippen molar-refractivity contribution in [1.29, 1.82) is 0 Å². The molecule has 1 heterocycles. The van der Waals surface area contributed by atoms with E-state index in [2.05, 4.69) is 4.98 Å². The maximum atomic E-state index is 12.5. The van der Waals surface area contributed by atoms with Crippen LogP contribution in [-0.4, -0.2) is 16.1 Å². The first-order chi connectivity index (χ1) is 10.8. The lowest BCUT2D eigenvalue weighted by Crippen LogP contribution is -2.04. The topological polar surface area (TPSA) is 53.1 Å². The minimum Gasteiger partial charge on any atom is -0.478 e. The van der Waals surface area contributed by atoms with Gasteiger partial charge in [-0.05, 0) is 35.4 Å². The highest BCUT2D eigenvalue weighted by Gasteiger charge is 2.29. The number of alkyl halides is 3. The number of halogens is 4. The molecule has 2 N–H and O–H groups in total. The number of rotatable bonds is 3. The molecule has 2 aromatic carbocycles. The fourth-order valence-electron chi connectivity index (χ4n) is 2.35. The van der Waals surface area contributed by atoms with Crippen LogP contribution in [0.25, 0.3) is 10.9 Å². The molecule has 3 rings (SSSR count). The molecule has 0 saturated heterocycles. The van der Waals surface area contributed by atoms with E-state index in [0.717, 1.165) is 23.1 Å². The number of H-pyrrole nitrogens is 1. The van der Waals surface area contributed by atoms with E-state index in [-0.39, 0.29) is 18.0 Å². The van der Waals surface area contributed by atoms with Gasteiger partial charge >= 0.3 is 12.1 Å². The molecule has 0 fully saturated rings. The van der Waals surface area contributed by atoms with Crippen LogP contribution in [0.3, 0.4) is 0 Å². The fraction of sp³-hybridized carbons (Fsp3) is 0.0588. The molecule has 0 saturated carbocycles. The van der Waals surface area contributed by atoms with Gasteiger partial charge in [-0.3, -0.25) is 0 Å². The predicted molar refractivity (Wildman–Crippen MR) is 86.5 cm³/mol. The van der Waals surface area contributed by atoms with E-state index in [1.54, 1.807) is 18.7 Å². The smallest absolute Gasteiger partial charge is 0.416 e. The summed E-state index contributed by atoms with van der Waals surface area (Å²) in [4.78, 5) is 13.9. The quantitative estimate of drug-likeness (QED) is 0.702. The number of aromatic amines is 1. The van der Waals surface area contributed by atoms with Crippen LogP contribution in [0.4, 0.5) is 13.2 Å². The lowest BCUT2D eigenvalue weighted by atomic mass is 10.0. The van der Waals surface area contributed by atoms with Crippen LogP contribution in [0.1, 0.15) is 27.0 Å². The van der Waals surface area contributed by atoms with Crippen molar-refractivity contribution in [2.24, 2.45) is 0 Å². The Morgan fingerprint density at radius 1 is 1.08 bits per heavy atom. The van der Waals surface area contributed by atoms with Crippen LogP contribution in [0.15, 0.2) is 48.7 Å². The molecule has 24 heavy (non-hydrogen) atoms. The molecule has 1 radical (unpaired) electrons. The number of carboxylic acid groups (broad SMARTS) is 1.